The summed E-state index contributed by atoms with van der Waals surface area (Å²) in [7, 11) is 0. The highest BCUT2D eigenvalue weighted by atomic mass is 32.1. The molecule has 0 fully saturated rings. The first-order chi connectivity index (χ1) is 14.5. The first-order valence-electron chi connectivity index (χ1n) is 10.7. The number of halogens is 1. The van der Waals surface area contributed by atoms with Gasteiger partial charge in [0.25, 0.3) is 0 Å². The minimum atomic E-state index is -0.353. The molecule has 1 aliphatic heterocycles. The molecule has 2 aromatic heterocycles. The van der Waals surface area contributed by atoms with Crippen LogP contribution in [-0.4, -0.2) is 21.5 Å². The smallest absolute Gasteiger partial charge is 0.318 e. The molecule has 5 rings (SSSR count). The van der Waals surface area contributed by atoms with Crippen molar-refractivity contribution >= 4 is 17.4 Å². The topological polar surface area (TPSA) is 37.3 Å². The van der Waals surface area contributed by atoms with Crippen LogP contribution in [0.25, 0.3) is 5.00 Å². The Morgan fingerprint density at radius 3 is 2.80 bits per heavy atom. The number of aromatic nitrogens is 1. The fourth-order valence-electron chi connectivity index (χ4n) is 4.74. The number of carbonyl (C=O) groups is 1. The number of nitrogens with one attached hydrogen (secondary N) is 1. The van der Waals surface area contributed by atoms with E-state index in [2.05, 4.69) is 22.1 Å². The molecule has 2 amide bonds. The number of thiophene rings is 1. The average Bonchev–Trinajstić information content (AvgIpc) is 3.29. The van der Waals surface area contributed by atoms with Crippen molar-refractivity contribution in [3.63, 3.8) is 0 Å². The van der Waals surface area contributed by atoms with Crippen LogP contribution in [0, 0.1) is 5.82 Å². The maximum absolute atomic E-state index is 14.2. The van der Waals surface area contributed by atoms with Crippen LogP contribution in [0.15, 0.2) is 42.6 Å². The average molecular weight is 424 g/mol. The van der Waals surface area contributed by atoms with E-state index in [0.717, 1.165) is 24.1 Å². The summed E-state index contributed by atoms with van der Waals surface area (Å²) in [5.41, 5.74) is 4.46. The Hall–Kier alpha value is -2.60. The zero-order chi connectivity index (χ0) is 20.8. The predicted molar refractivity (Wildman–Crippen MR) is 118 cm³/mol. The van der Waals surface area contributed by atoms with E-state index in [1.165, 1.54) is 39.9 Å². The lowest BCUT2D eigenvalue weighted by molar-refractivity contribution is 0.178. The van der Waals surface area contributed by atoms with Crippen LogP contribution in [0.3, 0.4) is 0 Å². The van der Waals surface area contributed by atoms with Crippen molar-refractivity contribution in [1.29, 1.82) is 0 Å². The highest BCUT2D eigenvalue weighted by Gasteiger charge is 2.36. The number of benzene rings is 1. The Morgan fingerprint density at radius 2 is 2.00 bits per heavy atom. The van der Waals surface area contributed by atoms with Gasteiger partial charge in [-0.25, -0.2) is 9.18 Å². The Bertz CT molecular complexity index is 1100. The summed E-state index contributed by atoms with van der Waals surface area (Å²) in [5, 5.41) is 4.28. The molecular weight excluding hydrogens is 397 g/mol. The van der Waals surface area contributed by atoms with Gasteiger partial charge in [0.15, 0.2) is 0 Å². The van der Waals surface area contributed by atoms with Gasteiger partial charge in [-0.15, -0.1) is 11.3 Å². The monoisotopic (exact) mass is 423 g/mol. The van der Waals surface area contributed by atoms with Crippen molar-refractivity contribution in [2.75, 3.05) is 0 Å². The van der Waals surface area contributed by atoms with Crippen molar-refractivity contribution in [2.45, 2.75) is 58.2 Å². The van der Waals surface area contributed by atoms with Gasteiger partial charge in [-0.2, -0.15) is 0 Å². The zero-order valence-electron chi connectivity index (χ0n) is 17.3. The van der Waals surface area contributed by atoms with E-state index in [1.807, 2.05) is 42.2 Å². The lowest BCUT2D eigenvalue weighted by Crippen LogP contribution is -2.44. The van der Waals surface area contributed by atoms with Crippen molar-refractivity contribution < 1.29 is 9.18 Å². The van der Waals surface area contributed by atoms with Gasteiger partial charge in [-0.1, -0.05) is 12.1 Å². The highest BCUT2D eigenvalue weighted by molar-refractivity contribution is 7.15. The second-order valence-electron chi connectivity index (χ2n) is 8.49. The normalized spacial score (nSPS) is 17.9. The summed E-state index contributed by atoms with van der Waals surface area (Å²) in [6, 6.07) is 10.3. The number of nitrogens with zero attached hydrogens (tertiary/aromatic N) is 2. The lowest BCUT2D eigenvalue weighted by atomic mass is 9.95. The lowest BCUT2D eigenvalue weighted by Gasteiger charge is -2.32. The van der Waals surface area contributed by atoms with Crippen LogP contribution >= 0.6 is 11.3 Å². The largest absolute Gasteiger partial charge is 0.336 e. The SMILES string of the molecule is CC(C)NC(=O)N1Cc2c(sc3c2CCCC3)-n2cccc2[C@@H]1c1cccc(F)c1. The molecule has 1 atom stereocenters. The van der Waals surface area contributed by atoms with Crippen LogP contribution in [0.2, 0.25) is 0 Å². The van der Waals surface area contributed by atoms with Crippen molar-refractivity contribution in [3.05, 3.63) is 75.7 Å². The van der Waals surface area contributed by atoms with Gasteiger partial charge < -0.3 is 14.8 Å². The van der Waals surface area contributed by atoms with Gasteiger partial charge in [0.2, 0.25) is 0 Å². The molecule has 4 nitrogen and oxygen atoms in total. The van der Waals surface area contributed by atoms with Crippen LogP contribution in [0.1, 0.15) is 60.0 Å². The van der Waals surface area contributed by atoms with E-state index < -0.39 is 0 Å². The maximum Gasteiger partial charge on any atom is 0.318 e. The molecule has 0 radical (unpaired) electrons. The Balaban J connectivity index is 1.71. The van der Waals surface area contributed by atoms with Gasteiger partial charge in [-0.05, 0) is 74.9 Å². The first kappa shape index (κ1) is 19.4. The minimum absolute atomic E-state index is 0.0246. The van der Waals surface area contributed by atoms with Gasteiger partial charge in [0.05, 0.1) is 18.3 Å². The molecule has 3 heterocycles. The number of urea groups is 1. The van der Waals surface area contributed by atoms with Crippen LogP contribution in [0.5, 0.6) is 0 Å². The van der Waals surface area contributed by atoms with E-state index in [9.17, 15) is 9.18 Å². The van der Waals surface area contributed by atoms with Crippen LogP contribution < -0.4 is 5.32 Å². The third kappa shape index (κ3) is 3.23. The Morgan fingerprint density at radius 1 is 1.17 bits per heavy atom. The second kappa shape index (κ2) is 7.58. The van der Waals surface area contributed by atoms with E-state index in [1.54, 1.807) is 12.1 Å². The number of hydrogen-bond donors (Lipinski definition) is 1. The Kier molecular flexibility index (Phi) is 4.89. The molecule has 1 N–H and O–H groups in total. The predicted octanol–water partition coefficient (Wildman–Crippen LogP) is 5.58. The highest BCUT2D eigenvalue weighted by Crippen LogP contribution is 2.44. The fraction of sp³-hybridized carbons (Fsp3) is 0.375. The van der Waals surface area contributed by atoms with E-state index in [4.69, 9.17) is 0 Å². The third-order valence-electron chi connectivity index (χ3n) is 6.02. The molecule has 30 heavy (non-hydrogen) atoms. The van der Waals surface area contributed by atoms with Gasteiger partial charge in [0.1, 0.15) is 10.8 Å². The van der Waals surface area contributed by atoms with Crippen LogP contribution in [0.4, 0.5) is 9.18 Å². The first-order valence-corrected chi connectivity index (χ1v) is 11.5. The van der Waals surface area contributed by atoms with E-state index in [0.29, 0.717) is 6.54 Å². The molecule has 1 aromatic carbocycles. The molecule has 1 aliphatic carbocycles. The molecule has 0 saturated heterocycles. The number of amides is 2. The molecule has 2 aliphatic rings. The molecular formula is C24H26FN3OS. The molecule has 0 saturated carbocycles. The van der Waals surface area contributed by atoms with Gasteiger partial charge >= 0.3 is 6.03 Å². The Labute approximate surface area is 180 Å². The van der Waals surface area contributed by atoms with Gasteiger partial charge in [-0.3, -0.25) is 0 Å². The molecule has 0 unspecified atom stereocenters. The summed E-state index contributed by atoms with van der Waals surface area (Å²) < 4.78 is 16.4. The fourth-order valence-corrected chi connectivity index (χ4v) is 6.15. The molecule has 6 heteroatoms. The maximum atomic E-state index is 14.2. The summed E-state index contributed by atoms with van der Waals surface area (Å²) in [6.45, 7) is 4.46. The number of aryl methyl sites for hydroxylation is 1. The summed E-state index contributed by atoms with van der Waals surface area (Å²) in [6.07, 6.45) is 6.69. The minimum Gasteiger partial charge on any atom is -0.336 e. The summed E-state index contributed by atoms with van der Waals surface area (Å²) in [5.74, 6) is -0.286. The van der Waals surface area contributed by atoms with Crippen LogP contribution in [-0.2, 0) is 19.4 Å². The molecule has 3 aromatic rings. The number of carbonyl (C=O) groups excluding carboxylic acids is 1. The van der Waals surface area contributed by atoms with Crippen molar-refractivity contribution in [3.8, 4) is 5.00 Å². The molecule has 0 spiro atoms. The number of hydrogen-bond acceptors (Lipinski definition) is 2. The number of rotatable bonds is 2. The second-order valence-corrected chi connectivity index (χ2v) is 9.57. The molecule has 0 bridgehead atoms. The van der Waals surface area contributed by atoms with Crippen molar-refractivity contribution in [1.82, 2.24) is 14.8 Å². The number of fused-ring (bicyclic) bond motifs is 5. The summed E-state index contributed by atoms with van der Waals surface area (Å²) in [4.78, 5) is 16.7. The third-order valence-corrected chi connectivity index (χ3v) is 7.35. The molecule has 156 valence electrons. The van der Waals surface area contributed by atoms with E-state index >= 15 is 0 Å². The standard InChI is InChI=1S/C24H26FN3OS/c1-15(2)26-24(29)28-14-19-18-9-3-4-11-21(18)30-23(19)27-12-6-10-20(27)22(28)16-7-5-8-17(25)13-16/h5-8,10,12-13,15,22H,3-4,9,11,14H2,1-2H3,(H,26,29)/t22-/m0/s1. The van der Waals surface area contributed by atoms with E-state index in [-0.39, 0.29) is 23.9 Å². The summed E-state index contributed by atoms with van der Waals surface area (Å²) >= 11 is 1.86. The quantitative estimate of drug-likeness (QED) is 0.574. The zero-order valence-corrected chi connectivity index (χ0v) is 18.1. The van der Waals surface area contributed by atoms with Crippen molar-refractivity contribution in [2.24, 2.45) is 0 Å². The van der Waals surface area contributed by atoms with Gasteiger partial charge in [0, 0.05) is 22.7 Å².